The highest BCUT2D eigenvalue weighted by Crippen LogP contribution is 2.23. The Morgan fingerprint density at radius 1 is 1.19 bits per heavy atom. The molecule has 0 aromatic heterocycles. The van der Waals surface area contributed by atoms with Gasteiger partial charge < -0.3 is 9.80 Å². The minimum atomic E-state index is 0.767. The lowest BCUT2D eigenvalue weighted by molar-refractivity contribution is 0.101. The Hall–Kier alpha value is -0.770. The van der Waals surface area contributed by atoms with Crippen molar-refractivity contribution in [3.8, 4) is 0 Å². The Kier molecular flexibility index (Phi) is 3.69. The van der Waals surface area contributed by atoms with E-state index in [0.29, 0.717) is 0 Å². The van der Waals surface area contributed by atoms with E-state index in [0.717, 1.165) is 25.3 Å². The molecule has 0 bridgehead atoms. The van der Waals surface area contributed by atoms with E-state index >= 15 is 0 Å². The summed E-state index contributed by atoms with van der Waals surface area (Å²) in [7, 11) is 6.25. The van der Waals surface area contributed by atoms with Crippen LogP contribution in [0.5, 0.6) is 0 Å². The summed E-state index contributed by atoms with van der Waals surface area (Å²) in [5.41, 5.74) is 0. The Bertz CT molecular complexity index is 256. The van der Waals surface area contributed by atoms with Gasteiger partial charge in [-0.05, 0) is 12.8 Å². The third kappa shape index (κ3) is 2.48. The van der Waals surface area contributed by atoms with Gasteiger partial charge in [0.25, 0.3) is 0 Å². The summed E-state index contributed by atoms with van der Waals surface area (Å²) in [6, 6.07) is 0.767. The Balaban J connectivity index is 1.95. The molecule has 4 heteroatoms. The first kappa shape index (κ1) is 11.7. The van der Waals surface area contributed by atoms with Gasteiger partial charge in [-0.3, -0.25) is 4.90 Å². The second-order valence-corrected chi connectivity index (χ2v) is 5.21. The first-order valence-electron chi connectivity index (χ1n) is 6.35. The monoisotopic (exact) mass is 224 g/mol. The van der Waals surface area contributed by atoms with Crippen LogP contribution in [0.25, 0.3) is 0 Å². The van der Waals surface area contributed by atoms with Crippen LogP contribution in [0, 0.1) is 0 Å². The Morgan fingerprint density at radius 3 is 2.44 bits per heavy atom. The van der Waals surface area contributed by atoms with Crippen LogP contribution >= 0.6 is 0 Å². The molecular formula is C12H24N4. The van der Waals surface area contributed by atoms with Crippen LogP contribution in [0.1, 0.15) is 32.1 Å². The number of hydrogen-bond donors (Lipinski definition) is 0. The normalized spacial score (nSPS) is 24.4. The second-order valence-electron chi connectivity index (χ2n) is 5.21. The van der Waals surface area contributed by atoms with Gasteiger partial charge in [0, 0.05) is 27.2 Å². The van der Waals surface area contributed by atoms with Gasteiger partial charge in [-0.15, -0.1) is 0 Å². The van der Waals surface area contributed by atoms with Crippen LogP contribution in [0.4, 0.5) is 0 Å². The zero-order chi connectivity index (χ0) is 11.5. The maximum atomic E-state index is 4.66. The van der Waals surface area contributed by atoms with Crippen LogP contribution < -0.4 is 0 Å². The van der Waals surface area contributed by atoms with Crippen molar-refractivity contribution in [3.63, 3.8) is 0 Å². The molecule has 0 spiro atoms. The van der Waals surface area contributed by atoms with Gasteiger partial charge in [-0.25, -0.2) is 4.99 Å². The van der Waals surface area contributed by atoms with E-state index in [-0.39, 0.29) is 0 Å². The average Bonchev–Trinajstić information content (AvgIpc) is 2.29. The lowest BCUT2D eigenvalue weighted by atomic mass is 9.94. The zero-order valence-corrected chi connectivity index (χ0v) is 10.8. The summed E-state index contributed by atoms with van der Waals surface area (Å²) >= 11 is 0. The molecule has 92 valence electrons. The highest BCUT2D eigenvalue weighted by Gasteiger charge is 2.26. The third-order valence-corrected chi connectivity index (χ3v) is 3.62. The first-order chi connectivity index (χ1) is 7.68. The topological polar surface area (TPSA) is 22.1 Å². The number of aliphatic imine (C=N–C) groups is 1. The highest BCUT2D eigenvalue weighted by molar-refractivity contribution is 5.79. The minimum absolute atomic E-state index is 0.767. The molecule has 0 aromatic carbocycles. The summed E-state index contributed by atoms with van der Waals surface area (Å²) in [5.74, 6) is 1.10. The predicted molar refractivity (Wildman–Crippen MR) is 67.3 cm³/mol. The van der Waals surface area contributed by atoms with E-state index in [1.807, 2.05) is 0 Å². The van der Waals surface area contributed by atoms with Crippen LogP contribution in [0.15, 0.2) is 4.99 Å². The summed E-state index contributed by atoms with van der Waals surface area (Å²) in [4.78, 5) is 11.5. The van der Waals surface area contributed by atoms with Crippen molar-refractivity contribution in [2.75, 3.05) is 34.5 Å². The van der Waals surface area contributed by atoms with E-state index in [1.54, 1.807) is 0 Å². The van der Waals surface area contributed by atoms with E-state index in [9.17, 15) is 0 Å². The summed E-state index contributed by atoms with van der Waals surface area (Å²) in [6.45, 7) is 1.91. The van der Waals surface area contributed by atoms with Gasteiger partial charge in [-0.2, -0.15) is 0 Å². The molecule has 16 heavy (non-hydrogen) atoms. The van der Waals surface area contributed by atoms with Crippen molar-refractivity contribution < 1.29 is 0 Å². The standard InChI is InChI=1S/C12H24N4/c1-14(2)12-13-9-16(10-15(12)3)11-7-5-4-6-8-11/h11H,4-10H2,1-3H3. The maximum absolute atomic E-state index is 4.66. The molecule has 0 aromatic rings. The molecule has 0 radical (unpaired) electrons. The predicted octanol–water partition coefficient (Wildman–Crippen LogP) is 1.40. The lowest BCUT2D eigenvalue weighted by Crippen LogP contribution is -2.52. The van der Waals surface area contributed by atoms with Crippen molar-refractivity contribution in [3.05, 3.63) is 0 Å². The summed E-state index contributed by atoms with van der Waals surface area (Å²) in [5, 5.41) is 0. The highest BCUT2D eigenvalue weighted by atomic mass is 15.5. The number of guanidine groups is 1. The molecule has 0 unspecified atom stereocenters. The summed E-state index contributed by atoms with van der Waals surface area (Å²) < 4.78 is 0. The van der Waals surface area contributed by atoms with Gasteiger partial charge >= 0.3 is 0 Å². The van der Waals surface area contributed by atoms with Crippen LogP contribution in [0.3, 0.4) is 0 Å². The Labute approximate surface area is 98.9 Å². The number of hydrogen-bond acceptors (Lipinski definition) is 4. The van der Waals surface area contributed by atoms with Crippen molar-refractivity contribution in [1.82, 2.24) is 14.7 Å². The van der Waals surface area contributed by atoms with Crippen LogP contribution in [0.2, 0.25) is 0 Å². The van der Waals surface area contributed by atoms with Crippen molar-refractivity contribution in [2.24, 2.45) is 4.99 Å². The van der Waals surface area contributed by atoms with E-state index in [2.05, 4.69) is 40.8 Å². The molecule has 4 nitrogen and oxygen atoms in total. The molecular weight excluding hydrogens is 200 g/mol. The van der Waals surface area contributed by atoms with Gasteiger partial charge in [0.05, 0.1) is 13.3 Å². The second kappa shape index (κ2) is 5.04. The molecule has 0 saturated heterocycles. The van der Waals surface area contributed by atoms with E-state index in [1.165, 1.54) is 32.1 Å². The molecule has 2 aliphatic rings. The molecule has 1 aliphatic heterocycles. The summed E-state index contributed by atoms with van der Waals surface area (Å²) in [6.07, 6.45) is 6.94. The molecule has 0 amide bonds. The molecule has 1 fully saturated rings. The molecule has 0 atom stereocenters. The van der Waals surface area contributed by atoms with Crippen molar-refractivity contribution in [1.29, 1.82) is 0 Å². The van der Waals surface area contributed by atoms with Crippen molar-refractivity contribution in [2.45, 2.75) is 38.1 Å². The largest absolute Gasteiger partial charge is 0.349 e. The van der Waals surface area contributed by atoms with Crippen LogP contribution in [-0.2, 0) is 0 Å². The fourth-order valence-corrected chi connectivity index (χ4v) is 2.82. The maximum Gasteiger partial charge on any atom is 0.198 e. The molecule has 2 rings (SSSR count). The smallest absolute Gasteiger partial charge is 0.198 e. The molecule has 1 aliphatic carbocycles. The van der Waals surface area contributed by atoms with Gasteiger partial charge in [0.2, 0.25) is 0 Å². The van der Waals surface area contributed by atoms with E-state index < -0.39 is 0 Å². The van der Waals surface area contributed by atoms with E-state index in [4.69, 9.17) is 0 Å². The van der Waals surface area contributed by atoms with Gasteiger partial charge in [-0.1, -0.05) is 19.3 Å². The lowest BCUT2D eigenvalue weighted by Gasteiger charge is -2.41. The Morgan fingerprint density at radius 2 is 1.88 bits per heavy atom. The van der Waals surface area contributed by atoms with Gasteiger partial charge in [0.15, 0.2) is 5.96 Å². The zero-order valence-electron chi connectivity index (χ0n) is 10.8. The minimum Gasteiger partial charge on any atom is -0.349 e. The molecule has 1 saturated carbocycles. The molecule has 0 N–H and O–H groups in total. The number of rotatable bonds is 1. The van der Waals surface area contributed by atoms with Crippen molar-refractivity contribution >= 4 is 5.96 Å². The molecule has 1 heterocycles. The SMILES string of the molecule is CN(C)C1=NCN(C2CCCCC2)CN1C. The third-order valence-electron chi connectivity index (χ3n) is 3.62. The first-order valence-corrected chi connectivity index (χ1v) is 6.35. The van der Waals surface area contributed by atoms with Gasteiger partial charge in [0.1, 0.15) is 0 Å². The van der Waals surface area contributed by atoms with Crippen LogP contribution in [-0.4, -0.2) is 61.2 Å². The fourth-order valence-electron chi connectivity index (χ4n) is 2.82. The average molecular weight is 224 g/mol. The quantitative estimate of drug-likeness (QED) is 0.672. The number of nitrogens with zero attached hydrogens (tertiary/aromatic N) is 4. The fraction of sp³-hybridized carbons (Fsp3) is 0.917.